The van der Waals surface area contributed by atoms with Crippen LogP contribution in [-0.2, 0) is 10.8 Å². The molecule has 6 unspecified atom stereocenters. The number of benzene rings is 12. The number of fused-ring (bicyclic) bond motifs is 8. The molecular formula is C80H72N2. The second kappa shape index (κ2) is 18.1. The van der Waals surface area contributed by atoms with Gasteiger partial charge in [0, 0.05) is 33.6 Å². The second-order valence-corrected chi connectivity index (χ2v) is 26.1. The molecule has 2 aliphatic carbocycles. The Morgan fingerprint density at radius 2 is 0.732 bits per heavy atom. The Hall–Kier alpha value is -8.20. The molecule has 16 rings (SSSR count). The maximum absolute atomic E-state index is 2.73. The smallest absolute Gasteiger partial charge is 0.0518 e. The molecule has 0 saturated heterocycles. The van der Waals surface area contributed by atoms with E-state index in [0.717, 1.165) is 0 Å². The first-order valence-corrected chi connectivity index (χ1v) is 30.8. The van der Waals surface area contributed by atoms with Gasteiger partial charge >= 0.3 is 0 Å². The van der Waals surface area contributed by atoms with Crippen LogP contribution in [0.15, 0.2) is 218 Å². The lowest BCUT2D eigenvalue weighted by Gasteiger charge is -2.52. The minimum Gasteiger partial charge on any atom is -0.334 e. The molecule has 0 spiro atoms. The first-order chi connectivity index (χ1) is 40.0. The van der Waals surface area contributed by atoms with Gasteiger partial charge < -0.3 is 9.80 Å². The van der Waals surface area contributed by atoms with Gasteiger partial charge in [0.15, 0.2) is 0 Å². The fourth-order valence-electron chi connectivity index (χ4n) is 17.6. The molecule has 0 aromatic heterocycles. The van der Waals surface area contributed by atoms with Crippen molar-refractivity contribution in [2.45, 2.75) is 115 Å². The summed E-state index contributed by atoms with van der Waals surface area (Å²) in [6.07, 6.45) is 9.65. The van der Waals surface area contributed by atoms with Gasteiger partial charge in [-0.25, -0.2) is 0 Å². The molecule has 0 bridgehead atoms. The molecule has 82 heavy (non-hydrogen) atoms. The lowest BCUT2D eigenvalue weighted by molar-refractivity contribution is 0.143. The van der Waals surface area contributed by atoms with Gasteiger partial charge in [0.1, 0.15) is 0 Å². The topological polar surface area (TPSA) is 6.48 Å². The van der Waals surface area contributed by atoms with Crippen LogP contribution in [0.1, 0.15) is 104 Å². The van der Waals surface area contributed by atoms with E-state index in [1.54, 1.807) is 0 Å². The Kier molecular flexibility index (Phi) is 11.0. The van der Waals surface area contributed by atoms with Crippen molar-refractivity contribution in [2.75, 3.05) is 9.80 Å². The number of anilines is 4. The first kappa shape index (κ1) is 49.6. The molecule has 0 amide bonds. The van der Waals surface area contributed by atoms with E-state index in [-0.39, 0.29) is 21.9 Å². The maximum Gasteiger partial charge on any atom is 0.0518 e. The number of rotatable bonds is 8. The predicted molar refractivity (Wildman–Crippen MR) is 351 cm³/mol. The molecule has 6 atom stereocenters. The molecule has 2 nitrogen and oxygen atoms in total. The molecule has 0 radical (unpaired) electrons. The van der Waals surface area contributed by atoms with Crippen LogP contribution >= 0.6 is 0 Å². The Bertz CT molecular complexity index is 4240. The second-order valence-electron chi connectivity index (χ2n) is 26.1. The van der Waals surface area contributed by atoms with Gasteiger partial charge in [0.05, 0.1) is 11.1 Å². The molecule has 2 heteroatoms. The summed E-state index contributed by atoms with van der Waals surface area (Å²) in [7, 11) is 0. The fraction of sp³-hybridized carbons (Fsp3) is 0.250. The molecule has 0 N–H and O–H groups in total. The van der Waals surface area contributed by atoms with Gasteiger partial charge in [-0.2, -0.15) is 0 Å². The summed E-state index contributed by atoms with van der Waals surface area (Å²) in [4.78, 5) is 5.46. The Labute approximate surface area is 484 Å². The van der Waals surface area contributed by atoms with Crippen molar-refractivity contribution < 1.29 is 0 Å². The average Bonchev–Trinajstić information content (AvgIpc) is 2.34. The first-order valence-electron chi connectivity index (χ1n) is 30.8. The lowest BCUT2D eigenvalue weighted by Crippen LogP contribution is -2.56. The predicted octanol–water partition coefficient (Wildman–Crippen LogP) is 22.3. The Balaban J connectivity index is 1.00. The SMILES string of the molecule is CCC1CCC2(C)N(c3ccccc3)c3ccc(-c4cc(-c5cccc6ccccc56)c5ccc6c(-c7ccc8c(c7)C7(C)CC(CC)CCC7(C)N8c7ccccc7)cc(-c7cccc8ccccc78)c7ccc4c5c67)cc3C2(C)C1. The van der Waals surface area contributed by atoms with E-state index in [9.17, 15) is 0 Å². The lowest BCUT2D eigenvalue weighted by atomic mass is 9.58. The minimum atomic E-state index is -0.0612. The Morgan fingerprint density at radius 1 is 0.354 bits per heavy atom. The van der Waals surface area contributed by atoms with Crippen LogP contribution in [0.25, 0.3) is 98.4 Å². The normalized spacial score (nSPS) is 23.9. The van der Waals surface area contributed by atoms with E-state index in [1.807, 2.05) is 0 Å². The number of hydrogen-bond donors (Lipinski definition) is 0. The Morgan fingerprint density at radius 3 is 1.15 bits per heavy atom. The monoisotopic (exact) mass is 1060 g/mol. The van der Waals surface area contributed by atoms with E-state index in [4.69, 9.17) is 0 Å². The third-order valence-electron chi connectivity index (χ3n) is 22.4. The van der Waals surface area contributed by atoms with Gasteiger partial charge in [-0.15, -0.1) is 0 Å². The van der Waals surface area contributed by atoms with E-state index in [0.29, 0.717) is 11.8 Å². The highest BCUT2D eigenvalue weighted by atomic mass is 15.3. The highest BCUT2D eigenvalue weighted by Gasteiger charge is 2.60. The van der Waals surface area contributed by atoms with E-state index < -0.39 is 0 Å². The van der Waals surface area contributed by atoms with Crippen LogP contribution in [-0.4, -0.2) is 11.1 Å². The molecule has 12 aromatic carbocycles. The zero-order valence-corrected chi connectivity index (χ0v) is 48.5. The highest BCUT2D eigenvalue weighted by molar-refractivity contribution is 6.33. The van der Waals surface area contributed by atoms with Gasteiger partial charge in [0.2, 0.25) is 0 Å². The van der Waals surface area contributed by atoms with Crippen molar-refractivity contribution in [3.05, 3.63) is 230 Å². The third kappa shape index (κ3) is 6.82. The standard InChI is InChI=1S/C80H72N2/c1-7-51-41-43-79(5)77(3,49-51)71-45-55(33-39-73(71)81(79)57-25-11-9-12-26-57)67-47-69(61-31-19-23-53-21-15-17-29-59(53)61)65-38-36-64-68(48-70(66-37-35-63(67)75(65)76(64)66)62-32-20-24-54-22-16-18-30-60(54)62)56-34-40-74-72(46-56)78(4)50-52(8-2)42-44-80(78,6)82(74)58-27-13-10-14-28-58/h9-40,45-48,51-52H,7-8,41-44,49-50H2,1-6H3. The number of hydrogen-bond acceptors (Lipinski definition) is 2. The van der Waals surface area contributed by atoms with Crippen molar-refractivity contribution in [2.24, 2.45) is 11.8 Å². The molecule has 2 saturated carbocycles. The number of para-hydroxylation sites is 2. The van der Waals surface area contributed by atoms with E-state index in [1.165, 1.54) is 184 Å². The van der Waals surface area contributed by atoms with Gasteiger partial charge in [-0.05, 0) is 234 Å². The molecule has 2 heterocycles. The summed E-state index contributed by atoms with van der Waals surface area (Å²) < 4.78 is 0. The zero-order valence-electron chi connectivity index (χ0n) is 48.5. The van der Waals surface area contributed by atoms with Crippen LogP contribution in [0.5, 0.6) is 0 Å². The highest BCUT2D eigenvalue weighted by Crippen LogP contribution is 2.65. The summed E-state index contributed by atoms with van der Waals surface area (Å²) in [5.41, 5.74) is 18.4. The zero-order chi connectivity index (χ0) is 55.3. The number of nitrogens with zero attached hydrogens (tertiary/aromatic N) is 2. The van der Waals surface area contributed by atoms with Gasteiger partial charge in [-0.3, -0.25) is 0 Å². The van der Waals surface area contributed by atoms with Crippen molar-refractivity contribution in [3.8, 4) is 44.5 Å². The molecule has 4 aliphatic rings. The summed E-state index contributed by atoms with van der Waals surface area (Å²) in [5, 5.41) is 13.0. The molecular weight excluding hydrogens is 989 g/mol. The van der Waals surface area contributed by atoms with Crippen LogP contribution in [0.3, 0.4) is 0 Å². The van der Waals surface area contributed by atoms with Gasteiger partial charge in [0.25, 0.3) is 0 Å². The molecule has 2 fully saturated rings. The third-order valence-corrected chi connectivity index (χ3v) is 22.4. The minimum absolute atomic E-state index is 0.0464. The summed E-state index contributed by atoms with van der Waals surface area (Å²) in [5.74, 6) is 1.39. The van der Waals surface area contributed by atoms with Crippen LogP contribution < -0.4 is 9.80 Å². The van der Waals surface area contributed by atoms with E-state index >= 15 is 0 Å². The average molecular weight is 1060 g/mol. The summed E-state index contributed by atoms with van der Waals surface area (Å²) >= 11 is 0. The summed E-state index contributed by atoms with van der Waals surface area (Å²) in [6, 6.07) is 84.6. The van der Waals surface area contributed by atoms with Crippen LogP contribution in [0, 0.1) is 11.8 Å². The van der Waals surface area contributed by atoms with Crippen molar-refractivity contribution >= 4 is 76.6 Å². The summed E-state index contributed by atoms with van der Waals surface area (Å²) in [6.45, 7) is 15.2. The fourth-order valence-corrected chi connectivity index (χ4v) is 17.6. The van der Waals surface area contributed by atoms with Crippen LogP contribution in [0.4, 0.5) is 22.7 Å². The quantitative estimate of drug-likeness (QED) is 0.140. The van der Waals surface area contributed by atoms with E-state index in [2.05, 4.69) is 270 Å². The van der Waals surface area contributed by atoms with Crippen molar-refractivity contribution in [1.82, 2.24) is 0 Å². The van der Waals surface area contributed by atoms with Crippen molar-refractivity contribution in [3.63, 3.8) is 0 Å². The molecule has 402 valence electrons. The van der Waals surface area contributed by atoms with Crippen LogP contribution in [0.2, 0.25) is 0 Å². The molecule has 2 aliphatic heterocycles. The van der Waals surface area contributed by atoms with Gasteiger partial charge in [-0.1, -0.05) is 198 Å². The molecule has 12 aromatic rings. The largest absolute Gasteiger partial charge is 0.334 e. The maximum atomic E-state index is 2.73. The van der Waals surface area contributed by atoms with Crippen molar-refractivity contribution in [1.29, 1.82) is 0 Å².